The van der Waals surface area contributed by atoms with E-state index in [1.54, 1.807) is 38.1 Å². The Hall–Kier alpha value is -2.48. The van der Waals surface area contributed by atoms with Gasteiger partial charge < -0.3 is 5.32 Å². The van der Waals surface area contributed by atoms with Crippen molar-refractivity contribution >= 4 is 38.4 Å². The molecule has 0 saturated carbocycles. The van der Waals surface area contributed by atoms with Crippen LogP contribution in [0.25, 0.3) is 10.9 Å². The van der Waals surface area contributed by atoms with Crippen molar-refractivity contribution in [3.63, 3.8) is 0 Å². The quantitative estimate of drug-likeness (QED) is 0.559. The van der Waals surface area contributed by atoms with Crippen LogP contribution >= 0.6 is 11.6 Å². The topological polar surface area (TPSA) is 88.2 Å². The van der Waals surface area contributed by atoms with E-state index in [-0.39, 0.29) is 29.4 Å². The van der Waals surface area contributed by atoms with Crippen molar-refractivity contribution in [2.24, 2.45) is 0 Å². The summed E-state index contributed by atoms with van der Waals surface area (Å²) < 4.78 is 27.1. The van der Waals surface area contributed by atoms with E-state index in [0.717, 1.165) is 5.56 Å². The molecule has 3 aromatic rings. The summed E-state index contributed by atoms with van der Waals surface area (Å²) in [6.45, 7) is 3.74. The third kappa shape index (κ3) is 5.53. The van der Waals surface area contributed by atoms with Crippen molar-refractivity contribution in [2.45, 2.75) is 32.2 Å². The molecule has 2 aromatic carbocycles. The summed E-state index contributed by atoms with van der Waals surface area (Å²) >= 11 is 6.06. The zero-order valence-electron chi connectivity index (χ0n) is 16.1. The highest BCUT2D eigenvalue weighted by Gasteiger charge is 2.17. The van der Waals surface area contributed by atoms with Gasteiger partial charge in [0.1, 0.15) is 5.15 Å². The molecule has 0 aliphatic heterocycles. The number of fused-ring (bicyclic) bond motifs is 1. The van der Waals surface area contributed by atoms with Gasteiger partial charge in [0.05, 0.1) is 16.8 Å². The molecular weight excluding hydrogens is 410 g/mol. The lowest BCUT2D eigenvalue weighted by Gasteiger charge is -2.14. The number of carbonyl (C=O) groups excluding carboxylic acids is 1. The Kier molecular flexibility index (Phi) is 6.52. The average Bonchev–Trinajstić information content (AvgIpc) is 2.65. The minimum Gasteiger partial charge on any atom is -0.348 e. The molecular formula is C21H22ClN3O3S. The lowest BCUT2D eigenvalue weighted by Crippen LogP contribution is -2.32. The van der Waals surface area contributed by atoms with E-state index in [1.807, 2.05) is 24.3 Å². The summed E-state index contributed by atoms with van der Waals surface area (Å²) in [7, 11) is -3.47. The molecule has 0 bridgehead atoms. The van der Waals surface area contributed by atoms with Crippen LogP contribution in [0.4, 0.5) is 0 Å². The summed E-state index contributed by atoms with van der Waals surface area (Å²) in [5, 5.41) is 3.80. The number of amides is 1. The molecule has 0 fully saturated rings. The highest BCUT2D eigenvalue weighted by Crippen LogP contribution is 2.21. The first-order chi connectivity index (χ1) is 13.7. The van der Waals surface area contributed by atoms with E-state index in [9.17, 15) is 13.2 Å². The molecule has 0 saturated heterocycles. The molecule has 1 amide bonds. The van der Waals surface area contributed by atoms with E-state index in [0.29, 0.717) is 22.0 Å². The van der Waals surface area contributed by atoms with Gasteiger partial charge in [0.25, 0.3) is 5.91 Å². The molecule has 1 heterocycles. The molecule has 0 spiro atoms. The molecule has 0 aliphatic rings. The Labute approximate surface area is 175 Å². The zero-order valence-corrected chi connectivity index (χ0v) is 17.7. The number of halogens is 1. The SMILES string of the molecule is CC(C)NS(=O)(=O)Cc1ccccc1CNC(=O)c1cc(Cl)nc2ccccc12. The Morgan fingerprint density at radius 3 is 2.45 bits per heavy atom. The number of aromatic nitrogens is 1. The fourth-order valence-electron chi connectivity index (χ4n) is 3.08. The number of benzene rings is 2. The van der Waals surface area contributed by atoms with Crippen LogP contribution in [-0.4, -0.2) is 25.4 Å². The van der Waals surface area contributed by atoms with Gasteiger partial charge in [0.15, 0.2) is 0 Å². The third-order valence-electron chi connectivity index (χ3n) is 4.25. The fourth-order valence-corrected chi connectivity index (χ4v) is 4.77. The predicted molar refractivity (Wildman–Crippen MR) is 115 cm³/mol. The summed E-state index contributed by atoms with van der Waals surface area (Å²) in [6, 6.07) is 15.8. The Balaban J connectivity index is 1.80. The van der Waals surface area contributed by atoms with E-state index < -0.39 is 10.0 Å². The molecule has 3 rings (SSSR count). The normalized spacial score (nSPS) is 11.7. The van der Waals surface area contributed by atoms with E-state index in [2.05, 4.69) is 15.0 Å². The zero-order chi connectivity index (χ0) is 21.0. The Morgan fingerprint density at radius 2 is 1.72 bits per heavy atom. The standard InChI is InChI=1S/C21H22ClN3O3S/c1-14(2)25-29(27,28)13-16-8-4-3-7-15(16)12-23-21(26)18-11-20(22)24-19-10-6-5-9-17(18)19/h3-11,14,25H,12-13H2,1-2H3,(H,23,26). The van der Waals surface area contributed by atoms with Crippen molar-refractivity contribution in [3.05, 3.63) is 76.4 Å². The molecule has 0 aliphatic carbocycles. The first kappa shape index (κ1) is 21.2. The van der Waals surface area contributed by atoms with E-state index >= 15 is 0 Å². The van der Waals surface area contributed by atoms with Crippen LogP contribution in [0, 0.1) is 0 Å². The van der Waals surface area contributed by atoms with Crippen LogP contribution in [0.1, 0.15) is 35.3 Å². The van der Waals surface area contributed by atoms with Crippen LogP contribution in [0.5, 0.6) is 0 Å². The Bertz CT molecular complexity index is 1150. The summed E-state index contributed by atoms with van der Waals surface area (Å²) in [4.78, 5) is 17.0. The second-order valence-corrected chi connectivity index (χ2v) is 9.13. The second-order valence-electron chi connectivity index (χ2n) is 6.99. The molecule has 8 heteroatoms. The van der Waals surface area contributed by atoms with Gasteiger partial charge >= 0.3 is 0 Å². The van der Waals surface area contributed by atoms with Crippen molar-refractivity contribution in [2.75, 3.05) is 0 Å². The number of sulfonamides is 1. The van der Waals surface area contributed by atoms with Crippen LogP contribution in [0.2, 0.25) is 5.15 Å². The third-order valence-corrected chi connectivity index (χ3v) is 5.96. The van der Waals surface area contributed by atoms with Crippen LogP contribution in [-0.2, 0) is 22.3 Å². The minimum absolute atomic E-state index is 0.152. The van der Waals surface area contributed by atoms with Gasteiger partial charge in [-0.1, -0.05) is 54.1 Å². The van der Waals surface area contributed by atoms with Crippen LogP contribution < -0.4 is 10.0 Å². The lowest BCUT2D eigenvalue weighted by molar-refractivity contribution is 0.0952. The molecule has 29 heavy (non-hydrogen) atoms. The highest BCUT2D eigenvalue weighted by atomic mass is 35.5. The van der Waals surface area contributed by atoms with Crippen molar-refractivity contribution in [3.8, 4) is 0 Å². The number of para-hydroxylation sites is 1. The average molecular weight is 432 g/mol. The number of hydrogen-bond acceptors (Lipinski definition) is 4. The molecule has 2 N–H and O–H groups in total. The van der Waals surface area contributed by atoms with Gasteiger partial charge in [-0.3, -0.25) is 4.79 Å². The fraction of sp³-hybridized carbons (Fsp3) is 0.238. The molecule has 0 radical (unpaired) electrons. The van der Waals surface area contributed by atoms with Gasteiger partial charge in [-0.2, -0.15) is 0 Å². The largest absolute Gasteiger partial charge is 0.348 e. The van der Waals surface area contributed by atoms with Gasteiger partial charge in [0, 0.05) is 18.0 Å². The van der Waals surface area contributed by atoms with Crippen molar-refractivity contribution < 1.29 is 13.2 Å². The van der Waals surface area contributed by atoms with Gasteiger partial charge in [0.2, 0.25) is 10.0 Å². The number of hydrogen-bond donors (Lipinski definition) is 2. The summed E-state index contributed by atoms with van der Waals surface area (Å²) in [5.41, 5.74) is 2.43. The molecule has 1 aromatic heterocycles. The first-order valence-corrected chi connectivity index (χ1v) is 11.2. The lowest BCUT2D eigenvalue weighted by atomic mass is 10.1. The van der Waals surface area contributed by atoms with Crippen molar-refractivity contribution in [1.82, 2.24) is 15.0 Å². The van der Waals surface area contributed by atoms with Gasteiger partial charge in [-0.25, -0.2) is 18.1 Å². The number of carbonyl (C=O) groups is 1. The molecule has 6 nitrogen and oxygen atoms in total. The van der Waals surface area contributed by atoms with E-state index in [4.69, 9.17) is 11.6 Å². The number of rotatable bonds is 7. The second kappa shape index (κ2) is 8.90. The molecule has 0 atom stereocenters. The van der Waals surface area contributed by atoms with Crippen molar-refractivity contribution in [1.29, 1.82) is 0 Å². The number of nitrogens with one attached hydrogen (secondary N) is 2. The molecule has 152 valence electrons. The van der Waals surface area contributed by atoms with Gasteiger partial charge in [-0.05, 0) is 37.1 Å². The van der Waals surface area contributed by atoms with Crippen LogP contribution in [0.3, 0.4) is 0 Å². The maximum Gasteiger partial charge on any atom is 0.252 e. The van der Waals surface area contributed by atoms with E-state index in [1.165, 1.54) is 6.07 Å². The summed E-state index contributed by atoms with van der Waals surface area (Å²) in [5.74, 6) is -0.454. The molecule has 0 unspecified atom stereocenters. The number of nitrogens with zero attached hydrogens (tertiary/aromatic N) is 1. The monoisotopic (exact) mass is 431 g/mol. The maximum atomic E-state index is 12.8. The smallest absolute Gasteiger partial charge is 0.252 e. The number of pyridine rings is 1. The van der Waals surface area contributed by atoms with Crippen LogP contribution in [0.15, 0.2) is 54.6 Å². The maximum absolute atomic E-state index is 12.8. The predicted octanol–water partition coefficient (Wildman–Crippen LogP) is 3.65. The highest BCUT2D eigenvalue weighted by molar-refractivity contribution is 7.88. The Morgan fingerprint density at radius 1 is 1.07 bits per heavy atom. The van der Waals surface area contributed by atoms with Gasteiger partial charge in [-0.15, -0.1) is 0 Å². The first-order valence-electron chi connectivity index (χ1n) is 9.15. The summed E-state index contributed by atoms with van der Waals surface area (Å²) in [6.07, 6.45) is 0. The minimum atomic E-state index is -3.47.